The molecule has 0 heterocycles. The summed E-state index contributed by atoms with van der Waals surface area (Å²) in [6.45, 7) is 0. The summed E-state index contributed by atoms with van der Waals surface area (Å²) < 4.78 is 607. The van der Waals surface area contributed by atoms with Crippen LogP contribution in [0.1, 0.15) is 0 Å². The Labute approximate surface area is 515 Å². The van der Waals surface area contributed by atoms with Gasteiger partial charge in [-0.1, -0.05) is 0 Å². The first-order valence-corrected chi connectivity index (χ1v) is 24.9. The van der Waals surface area contributed by atoms with Gasteiger partial charge in [-0.15, -0.1) is 0 Å². The first-order valence-electron chi connectivity index (χ1n) is 24.9. The summed E-state index contributed by atoms with van der Waals surface area (Å²) >= 11 is 0. The molecule has 0 saturated heterocycles. The van der Waals surface area contributed by atoms with Crippen molar-refractivity contribution < 1.29 is 171 Å². The summed E-state index contributed by atoms with van der Waals surface area (Å²) in [5.74, 6) is -135. The van der Waals surface area contributed by atoms with Crippen molar-refractivity contribution in [3.8, 4) is 100 Å². The zero-order valence-electron chi connectivity index (χ0n) is 45.0. The molecule has 0 amide bonds. The maximum absolute atomic E-state index is 17.8. The van der Waals surface area contributed by atoms with Crippen molar-refractivity contribution in [2.45, 2.75) is 0 Å². The average Bonchev–Trinajstić information content (AvgIpc) is 0.724. The van der Waals surface area contributed by atoms with Gasteiger partial charge in [-0.25, -0.2) is 171 Å². The van der Waals surface area contributed by atoms with Gasteiger partial charge in [0, 0.05) is 27.8 Å². The highest BCUT2D eigenvalue weighted by atomic mass is 19.2. The average molecular weight is 1460 g/mol. The van der Waals surface area contributed by atoms with E-state index in [2.05, 4.69) is 0 Å². The van der Waals surface area contributed by atoms with Crippen LogP contribution >= 0.6 is 0 Å². The highest BCUT2D eigenvalue weighted by molar-refractivity contribution is 5.91. The van der Waals surface area contributed by atoms with E-state index in [1.54, 1.807) is 0 Å². The molecule has 0 bridgehead atoms. The Kier molecular flexibility index (Phi) is 17.6. The third kappa shape index (κ3) is 9.95. The number of hydrogen-bond acceptors (Lipinski definition) is 0. The maximum atomic E-state index is 17.8. The minimum atomic E-state index is -3.81. The molecule has 0 spiro atoms. The van der Waals surface area contributed by atoms with Crippen molar-refractivity contribution >= 4 is 0 Å². The molecule has 0 atom stereocenters. The van der Waals surface area contributed by atoms with E-state index in [1.807, 2.05) is 0 Å². The molecule has 0 fully saturated rings. The van der Waals surface area contributed by atoms with E-state index in [1.165, 1.54) is 0 Å². The van der Waals surface area contributed by atoms with Crippen molar-refractivity contribution in [1.82, 2.24) is 0 Å². The summed E-state index contributed by atoms with van der Waals surface area (Å²) in [6.07, 6.45) is 0. The topological polar surface area (TPSA) is 0 Å². The summed E-state index contributed by atoms with van der Waals surface area (Å²) in [5, 5.41) is 0. The Morgan fingerprint density at radius 1 is 0.0909 bits per heavy atom. The van der Waals surface area contributed by atoms with Gasteiger partial charge in [0.15, 0.2) is 175 Å². The summed E-state index contributed by atoms with van der Waals surface area (Å²) in [5.41, 5.74) is -56.3. The first-order chi connectivity index (χ1) is 46.0. The van der Waals surface area contributed by atoms with Crippen molar-refractivity contribution in [3.63, 3.8) is 0 Å². The molecule has 0 radical (unpaired) electrons. The van der Waals surface area contributed by atoms with Crippen LogP contribution in [-0.2, 0) is 0 Å². The third-order valence-electron chi connectivity index (χ3n) is 14.5. The lowest BCUT2D eigenvalue weighted by Gasteiger charge is -2.22. The molecule has 0 unspecified atom stereocenters. The Morgan fingerprint density at radius 3 is 0.424 bits per heavy atom. The highest BCUT2D eigenvalue weighted by Gasteiger charge is 2.44. The minimum Gasteiger partial charge on any atom is -0.206 e. The van der Waals surface area contributed by atoms with Gasteiger partial charge in [-0.05, 0) is 18.2 Å². The lowest BCUT2D eigenvalue weighted by Crippen LogP contribution is -2.13. The van der Waals surface area contributed by atoms with Crippen molar-refractivity contribution in [2.75, 3.05) is 0 Å². The van der Waals surface area contributed by atoms with Gasteiger partial charge in [0.25, 0.3) is 0 Å². The molecule has 516 valence electrons. The molecular formula is C60H3F39. The molecule has 0 aliphatic heterocycles. The van der Waals surface area contributed by atoms with E-state index in [0.717, 1.165) is 0 Å². The van der Waals surface area contributed by atoms with Crippen LogP contribution < -0.4 is 0 Å². The van der Waals surface area contributed by atoms with Gasteiger partial charge in [0.05, 0.1) is 72.3 Å². The molecule has 0 aliphatic rings. The van der Waals surface area contributed by atoms with Crippen LogP contribution in [0.5, 0.6) is 0 Å². The molecule has 0 N–H and O–H groups in total. The lowest BCUT2D eigenvalue weighted by molar-refractivity contribution is 0.379. The molecular weight excluding hydrogens is 1460 g/mol. The molecule has 10 rings (SSSR count). The Morgan fingerprint density at radius 2 is 0.212 bits per heavy atom. The first kappa shape index (κ1) is 71.2. The molecule has 39 heteroatoms. The fourth-order valence-electron chi connectivity index (χ4n) is 10.0. The predicted molar refractivity (Wildman–Crippen MR) is 254 cm³/mol. The van der Waals surface area contributed by atoms with Crippen LogP contribution in [0.2, 0.25) is 0 Å². The second-order valence-electron chi connectivity index (χ2n) is 19.7. The van der Waals surface area contributed by atoms with Gasteiger partial charge in [0.2, 0.25) is 23.3 Å². The van der Waals surface area contributed by atoms with E-state index in [0.29, 0.717) is 0 Å². The third-order valence-corrected chi connectivity index (χ3v) is 14.5. The quantitative estimate of drug-likeness (QED) is 0.0768. The second-order valence-corrected chi connectivity index (χ2v) is 19.7. The van der Waals surface area contributed by atoms with E-state index >= 15 is 110 Å². The standard InChI is InChI=1S/C60H3F39/c61-9-3-8(12-32(71)49(88)57(96)50(89)33(12)72)27(66)34(73)13(9)14-23(62)4(1-6(25(14)64)10-28(67)35(74)17(36(75)29(10)68)20-43(82)51(90)58(97)52(91)44(20)83)5-2-7(11-30(69)37(76)18(38(77)31(11)70)21-45(84)53(92)59(98)54(93)46(21)85)26(65)15(24(5)63)16-39(78)41(80)19(42(81)40(16)79)22-47(86)55(94)60(99)56(95)48(22)87/h1-3H. The molecule has 0 aliphatic carbocycles. The smallest absolute Gasteiger partial charge is 0.200 e. The van der Waals surface area contributed by atoms with E-state index in [9.17, 15) is 61.5 Å². The van der Waals surface area contributed by atoms with Gasteiger partial charge >= 0.3 is 0 Å². The fourth-order valence-corrected chi connectivity index (χ4v) is 10.0. The highest BCUT2D eigenvalue weighted by Crippen LogP contribution is 2.52. The van der Waals surface area contributed by atoms with Gasteiger partial charge in [-0.2, -0.15) is 0 Å². The largest absolute Gasteiger partial charge is 0.206 e. The number of rotatable bonds is 9. The van der Waals surface area contributed by atoms with Crippen LogP contribution in [0.25, 0.3) is 100 Å². The van der Waals surface area contributed by atoms with Crippen LogP contribution in [0.3, 0.4) is 0 Å². The normalized spacial score (nSPS) is 11.8. The number of halogens is 39. The Balaban J connectivity index is 1.42. The van der Waals surface area contributed by atoms with Gasteiger partial charge in [0.1, 0.15) is 29.1 Å². The molecule has 0 saturated carbocycles. The monoisotopic (exact) mass is 1460 g/mol. The van der Waals surface area contributed by atoms with Crippen molar-refractivity contribution in [3.05, 3.63) is 245 Å². The van der Waals surface area contributed by atoms with Gasteiger partial charge < -0.3 is 0 Å². The van der Waals surface area contributed by atoms with Crippen molar-refractivity contribution in [1.29, 1.82) is 0 Å². The minimum absolute atomic E-state index is 1.07. The van der Waals surface area contributed by atoms with E-state index < -0.39 is 345 Å². The molecule has 10 aromatic carbocycles. The van der Waals surface area contributed by atoms with Crippen LogP contribution in [-0.4, -0.2) is 0 Å². The van der Waals surface area contributed by atoms with E-state index in [4.69, 9.17) is 0 Å². The second kappa shape index (κ2) is 24.5. The van der Waals surface area contributed by atoms with Gasteiger partial charge in [-0.3, -0.25) is 0 Å². The Hall–Kier alpha value is -10.5. The molecule has 0 aromatic heterocycles. The summed E-state index contributed by atoms with van der Waals surface area (Å²) in [6, 6.07) is -3.44. The maximum Gasteiger partial charge on any atom is 0.200 e. The van der Waals surface area contributed by atoms with Crippen LogP contribution in [0.15, 0.2) is 18.2 Å². The zero-order valence-corrected chi connectivity index (χ0v) is 45.0. The SMILES string of the molecule is Fc1cc(-c2c(F)c(F)c(F)c(F)c2F)c(F)c(F)c1-c1c(F)c(-c2cc(-c3c(F)c(F)c(-c4c(F)c(F)c(F)c(F)c4F)c(F)c3F)c(F)c(-c3c(F)c(F)c(-c4c(F)c(F)c(F)c(F)c4F)c(F)c3F)c2F)cc(-c2c(F)c(F)c(-c3c(F)c(F)c(F)c(F)c3F)c(F)c2F)c1F. The Bertz CT molecular complexity index is 5160. The van der Waals surface area contributed by atoms with Crippen LogP contribution in [0, 0.1) is 227 Å². The number of hydrogen-bond donors (Lipinski definition) is 0. The fraction of sp³-hybridized carbons (Fsp3) is 0. The van der Waals surface area contributed by atoms with Crippen LogP contribution in [0.4, 0.5) is 171 Å². The summed E-state index contributed by atoms with van der Waals surface area (Å²) in [4.78, 5) is 0. The summed E-state index contributed by atoms with van der Waals surface area (Å²) in [7, 11) is 0. The predicted octanol–water partition coefficient (Wildman–Crippen LogP) is 22.1. The lowest BCUT2D eigenvalue weighted by atomic mass is 9.85. The molecule has 0 nitrogen and oxygen atoms in total. The van der Waals surface area contributed by atoms with Crippen molar-refractivity contribution in [2.24, 2.45) is 0 Å². The molecule has 99 heavy (non-hydrogen) atoms. The molecule has 10 aromatic rings. The zero-order chi connectivity index (χ0) is 74.0. The van der Waals surface area contributed by atoms with E-state index in [-0.39, 0.29) is 0 Å². The number of benzene rings is 10.